The Kier molecular flexibility index (Phi) is 3.70. The van der Waals surface area contributed by atoms with Crippen LogP contribution in [0.15, 0.2) is 28.1 Å². The number of hydrogen-bond acceptors (Lipinski definition) is 6. The molecule has 2 N–H and O–H groups in total. The van der Waals surface area contributed by atoms with Crippen molar-refractivity contribution in [2.45, 2.75) is 6.54 Å². The number of rotatable bonds is 3. The summed E-state index contributed by atoms with van der Waals surface area (Å²) < 4.78 is 5.41. The molecule has 0 saturated carbocycles. The number of carbonyl (C=O) groups excluding carboxylic acids is 1. The Morgan fingerprint density at radius 2 is 2.15 bits per heavy atom. The van der Waals surface area contributed by atoms with Gasteiger partial charge in [-0.3, -0.25) is 4.79 Å². The second kappa shape index (κ2) is 5.64. The van der Waals surface area contributed by atoms with E-state index in [1.807, 2.05) is 10.3 Å². The zero-order chi connectivity index (χ0) is 13.9. The van der Waals surface area contributed by atoms with E-state index in [0.29, 0.717) is 31.2 Å². The van der Waals surface area contributed by atoms with E-state index < -0.39 is 0 Å². The van der Waals surface area contributed by atoms with Gasteiger partial charge in [0.1, 0.15) is 5.76 Å². The quantitative estimate of drug-likeness (QED) is 0.918. The molecule has 0 atom stereocenters. The van der Waals surface area contributed by atoms with E-state index in [4.69, 9.17) is 10.2 Å². The van der Waals surface area contributed by atoms with Crippen LogP contribution in [0, 0.1) is 0 Å². The van der Waals surface area contributed by atoms with Crippen molar-refractivity contribution in [3.8, 4) is 0 Å². The summed E-state index contributed by atoms with van der Waals surface area (Å²) in [5.41, 5.74) is 5.48. The van der Waals surface area contributed by atoms with Crippen LogP contribution in [-0.4, -0.2) is 42.0 Å². The molecular formula is C13H16N4O2S. The lowest BCUT2D eigenvalue weighted by Gasteiger charge is -2.34. The van der Waals surface area contributed by atoms with Gasteiger partial charge in [-0.25, -0.2) is 4.98 Å². The molecule has 7 heteroatoms. The summed E-state index contributed by atoms with van der Waals surface area (Å²) in [4.78, 5) is 20.6. The number of nitrogens with zero attached hydrogens (tertiary/aromatic N) is 3. The summed E-state index contributed by atoms with van der Waals surface area (Å²) in [6.45, 7) is 3.26. The highest BCUT2D eigenvalue weighted by Crippen LogP contribution is 2.20. The van der Waals surface area contributed by atoms with Gasteiger partial charge in [-0.1, -0.05) is 0 Å². The SMILES string of the molecule is NCc1ccc(C(=O)N2CCN(c3nccs3)CC2)o1. The van der Waals surface area contributed by atoms with Gasteiger partial charge in [-0.05, 0) is 12.1 Å². The molecule has 0 aromatic carbocycles. The topological polar surface area (TPSA) is 75.6 Å². The molecule has 0 unspecified atom stereocenters. The Hall–Kier alpha value is -1.86. The lowest BCUT2D eigenvalue weighted by atomic mass is 10.3. The van der Waals surface area contributed by atoms with Gasteiger partial charge in [0.2, 0.25) is 0 Å². The van der Waals surface area contributed by atoms with E-state index in [9.17, 15) is 4.79 Å². The molecule has 106 valence electrons. The molecule has 3 rings (SSSR count). The van der Waals surface area contributed by atoms with E-state index in [0.717, 1.165) is 18.2 Å². The molecule has 0 bridgehead atoms. The Bertz CT molecular complexity index is 573. The number of aromatic nitrogens is 1. The first-order chi connectivity index (χ1) is 9.78. The fourth-order valence-corrected chi connectivity index (χ4v) is 2.93. The zero-order valence-electron chi connectivity index (χ0n) is 11.0. The van der Waals surface area contributed by atoms with Crippen LogP contribution in [0.2, 0.25) is 0 Å². The molecule has 0 radical (unpaired) electrons. The minimum atomic E-state index is -0.0662. The highest BCUT2D eigenvalue weighted by atomic mass is 32.1. The average molecular weight is 292 g/mol. The second-order valence-electron chi connectivity index (χ2n) is 4.56. The standard InChI is InChI=1S/C13H16N4O2S/c14-9-10-1-2-11(19-10)12(18)16-4-6-17(7-5-16)13-15-3-8-20-13/h1-3,8H,4-7,9,14H2. The van der Waals surface area contributed by atoms with Crippen molar-refractivity contribution >= 4 is 22.4 Å². The first-order valence-electron chi connectivity index (χ1n) is 6.50. The van der Waals surface area contributed by atoms with E-state index in [2.05, 4.69) is 9.88 Å². The number of piperazine rings is 1. The smallest absolute Gasteiger partial charge is 0.289 e. The van der Waals surface area contributed by atoms with Crippen molar-refractivity contribution < 1.29 is 9.21 Å². The number of amides is 1. The molecule has 1 amide bonds. The molecule has 0 spiro atoms. The molecule has 0 aliphatic carbocycles. The fraction of sp³-hybridized carbons (Fsp3) is 0.385. The molecule has 20 heavy (non-hydrogen) atoms. The first kappa shape index (κ1) is 13.1. The Morgan fingerprint density at radius 3 is 2.75 bits per heavy atom. The molecule has 6 nitrogen and oxygen atoms in total. The fourth-order valence-electron chi connectivity index (χ4n) is 2.23. The molecule has 1 fully saturated rings. The summed E-state index contributed by atoms with van der Waals surface area (Å²) >= 11 is 1.62. The highest BCUT2D eigenvalue weighted by Gasteiger charge is 2.24. The lowest BCUT2D eigenvalue weighted by Crippen LogP contribution is -2.48. The van der Waals surface area contributed by atoms with Crippen LogP contribution >= 0.6 is 11.3 Å². The van der Waals surface area contributed by atoms with Crippen LogP contribution in [0.3, 0.4) is 0 Å². The van der Waals surface area contributed by atoms with Crippen LogP contribution < -0.4 is 10.6 Å². The van der Waals surface area contributed by atoms with Crippen molar-refractivity contribution in [1.82, 2.24) is 9.88 Å². The summed E-state index contributed by atoms with van der Waals surface area (Å²) in [6, 6.07) is 3.44. The molecule has 2 aromatic heterocycles. The Labute approximate surface area is 120 Å². The van der Waals surface area contributed by atoms with Crippen molar-refractivity contribution in [2.75, 3.05) is 31.1 Å². The number of nitrogens with two attached hydrogens (primary N) is 1. The van der Waals surface area contributed by atoms with Gasteiger partial charge in [0.15, 0.2) is 10.9 Å². The van der Waals surface area contributed by atoms with E-state index >= 15 is 0 Å². The molecule has 1 aliphatic heterocycles. The van der Waals surface area contributed by atoms with Crippen LogP contribution in [0.4, 0.5) is 5.13 Å². The van der Waals surface area contributed by atoms with E-state index in [-0.39, 0.29) is 5.91 Å². The maximum Gasteiger partial charge on any atom is 0.289 e. The summed E-state index contributed by atoms with van der Waals surface area (Å²) in [5, 5.41) is 2.98. The molecule has 3 heterocycles. The Morgan fingerprint density at radius 1 is 1.35 bits per heavy atom. The summed E-state index contributed by atoms with van der Waals surface area (Å²) in [6.07, 6.45) is 1.80. The number of furan rings is 1. The normalized spacial score (nSPS) is 15.7. The maximum absolute atomic E-state index is 12.3. The van der Waals surface area contributed by atoms with Gasteiger partial charge in [0, 0.05) is 37.8 Å². The van der Waals surface area contributed by atoms with Crippen molar-refractivity contribution in [3.63, 3.8) is 0 Å². The summed E-state index contributed by atoms with van der Waals surface area (Å²) in [5.74, 6) is 0.936. The number of anilines is 1. The average Bonchev–Trinajstić information content (AvgIpc) is 3.18. The molecule has 1 saturated heterocycles. The highest BCUT2D eigenvalue weighted by molar-refractivity contribution is 7.13. The lowest BCUT2D eigenvalue weighted by molar-refractivity contribution is 0.0713. The monoisotopic (exact) mass is 292 g/mol. The third kappa shape index (κ3) is 2.54. The van der Waals surface area contributed by atoms with Crippen LogP contribution in [0.25, 0.3) is 0 Å². The molecular weight excluding hydrogens is 276 g/mol. The Balaban J connectivity index is 1.61. The van der Waals surface area contributed by atoms with Crippen molar-refractivity contribution in [2.24, 2.45) is 5.73 Å². The van der Waals surface area contributed by atoms with Gasteiger partial charge < -0.3 is 20.0 Å². The van der Waals surface area contributed by atoms with Crippen LogP contribution in [-0.2, 0) is 6.54 Å². The second-order valence-corrected chi connectivity index (χ2v) is 5.44. The maximum atomic E-state index is 12.3. The van der Waals surface area contributed by atoms with E-state index in [1.165, 1.54) is 0 Å². The largest absolute Gasteiger partial charge is 0.455 e. The third-order valence-corrected chi connectivity index (χ3v) is 4.16. The van der Waals surface area contributed by atoms with Gasteiger partial charge in [0.05, 0.1) is 6.54 Å². The van der Waals surface area contributed by atoms with E-state index in [1.54, 1.807) is 29.7 Å². The minimum absolute atomic E-state index is 0.0662. The number of thiazole rings is 1. The zero-order valence-corrected chi connectivity index (χ0v) is 11.8. The minimum Gasteiger partial charge on any atom is -0.455 e. The predicted octanol–water partition coefficient (Wildman–Crippen LogP) is 1.16. The van der Waals surface area contributed by atoms with Crippen molar-refractivity contribution in [1.29, 1.82) is 0 Å². The van der Waals surface area contributed by atoms with Crippen LogP contribution in [0.5, 0.6) is 0 Å². The molecule has 1 aliphatic rings. The number of hydrogen-bond donors (Lipinski definition) is 1. The first-order valence-corrected chi connectivity index (χ1v) is 7.38. The number of carbonyl (C=O) groups is 1. The molecule has 2 aromatic rings. The third-order valence-electron chi connectivity index (χ3n) is 3.33. The van der Waals surface area contributed by atoms with Crippen LogP contribution in [0.1, 0.15) is 16.3 Å². The van der Waals surface area contributed by atoms with Gasteiger partial charge in [0.25, 0.3) is 5.91 Å². The van der Waals surface area contributed by atoms with Gasteiger partial charge >= 0.3 is 0 Å². The van der Waals surface area contributed by atoms with Gasteiger partial charge in [-0.2, -0.15) is 0 Å². The van der Waals surface area contributed by atoms with Gasteiger partial charge in [-0.15, -0.1) is 11.3 Å². The van der Waals surface area contributed by atoms with Crippen molar-refractivity contribution in [3.05, 3.63) is 35.2 Å². The summed E-state index contributed by atoms with van der Waals surface area (Å²) in [7, 11) is 0. The predicted molar refractivity (Wildman–Crippen MR) is 76.8 cm³/mol.